The quantitative estimate of drug-likeness (QED) is 0.899. The van der Waals surface area contributed by atoms with Crippen molar-refractivity contribution in [1.29, 1.82) is 0 Å². The third kappa shape index (κ3) is 3.42. The molecule has 0 saturated carbocycles. The lowest BCUT2D eigenvalue weighted by molar-refractivity contribution is 0.0697. The Balaban J connectivity index is 2.12. The van der Waals surface area contributed by atoms with Crippen molar-refractivity contribution in [2.75, 3.05) is 5.32 Å². The van der Waals surface area contributed by atoms with E-state index in [1.165, 1.54) is 6.07 Å². The van der Waals surface area contributed by atoms with E-state index in [-0.39, 0.29) is 10.6 Å². The minimum Gasteiger partial charge on any atom is -0.478 e. The average Bonchev–Trinajstić information content (AvgIpc) is 2.37. The fraction of sp³-hybridized carbons (Fsp3) is 0.154. The van der Waals surface area contributed by atoms with Crippen LogP contribution in [0.15, 0.2) is 30.5 Å². The highest BCUT2D eigenvalue weighted by Gasteiger charge is 2.09. The van der Waals surface area contributed by atoms with Crippen molar-refractivity contribution >= 4 is 23.3 Å². The van der Waals surface area contributed by atoms with E-state index in [1.54, 1.807) is 24.4 Å². The summed E-state index contributed by atoms with van der Waals surface area (Å²) in [5.41, 5.74) is 1.59. The molecule has 0 aliphatic carbocycles. The van der Waals surface area contributed by atoms with Gasteiger partial charge in [0, 0.05) is 11.9 Å². The smallest absolute Gasteiger partial charge is 0.337 e. The Morgan fingerprint density at radius 2 is 2.21 bits per heavy atom. The lowest BCUT2D eigenvalue weighted by atomic mass is 10.2. The molecule has 0 atom stereocenters. The van der Waals surface area contributed by atoms with Gasteiger partial charge in [0.05, 0.1) is 22.8 Å². The van der Waals surface area contributed by atoms with Crippen LogP contribution in [0, 0.1) is 6.92 Å². The Kier molecular flexibility index (Phi) is 3.97. The van der Waals surface area contributed by atoms with E-state index in [0.717, 1.165) is 5.69 Å². The minimum atomic E-state index is -1.05. The van der Waals surface area contributed by atoms with Crippen molar-refractivity contribution in [1.82, 2.24) is 9.97 Å². The second-order valence-electron chi connectivity index (χ2n) is 3.95. The summed E-state index contributed by atoms with van der Waals surface area (Å²) < 4.78 is 0. The maximum absolute atomic E-state index is 11.0. The van der Waals surface area contributed by atoms with Gasteiger partial charge >= 0.3 is 5.97 Å². The van der Waals surface area contributed by atoms with Crippen molar-refractivity contribution in [3.63, 3.8) is 0 Å². The Hall–Kier alpha value is -2.14. The highest BCUT2D eigenvalue weighted by Crippen LogP contribution is 2.20. The number of nitrogens with zero attached hydrogens (tertiary/aromatic N) is 2. The van der Waals surface area contributed by atoms with E-state index in [9.17, 15) is 4.79 Å². The summed E-state index contributed by atoms with van der Waals surface area (Å²) in [6.45, 7) is 2.30. The Morgan fingerprint density at radius 3 is 2.89 bits per heavy atom. The summed E-state index contributed by atoms with van der Waals surface area (Å²) in [7, 11) is 0. The van der Waals surface area contributed by atoms with Crippen LogP contribution >= 0.6 is 11.6 Å². The molecule has 6 heteroatoms. The Morgan fingerprint density at radius 1 is 1.42 bits per heavy atom. The van der Waals surface area contributed by atoms with Crippen molar-refractivity contribution in [3.05, 3.63) is 52.6 Å². The molecule has 0 saturated heterocycles. The number of halogens is 1. The summed E-state index contributed by atoms with van der Waals surface area (Å²) in [4.78, 5) is 19.2. The number of rotatable bonds is 4. The molecule has 1 aromatic heterocycles. The minimum absolute atomic E-state index is 0.0746. The summed E-state index contributed by atoms with van der Waals surface area (Å²) in [6.07, 6.45) is 1.68. The van der Waals surface area contributed by atoms with Crippen LogP contribution in [0.1, 0.15) is 21.9 Å². The molecule has 0 amide bonds. The van der Waals surface area contributed by atoms with Gasteiger partial charge in [-0.3, -0.25) is 0 Å². The predicted octanol–water partition coefficient (Wildman–Crippen LogP) is 2.75. The summed E-state index contributed by atoms with van der Waals surface area (Å²) in [5.74, 6) is -0.354. The number of hydrogen-bond acceptors (Lipinski definition) is 4. The van der Waals surface area contributed by atoms with Crippen LogP contribution in [-0.2, 0) is 6.54 Å². The van der Waals surface area contributed by atoms with E-state index in [0.29, 0.717) is 18.1 Å². The average molecular weight is 278 g/mol. The van der Waals surface area contributed by atoms with Gasteiger partial charge in [-0.2, -0.15) is 0 Å². The molecule has 0 bridgehead atoms. The number of nitrogens with one attached hydrogen (secondary N) is 1. The first kappa shape index (κ1) is 13.3. The topological polar surface area (TPSA) is 75.1 Å². The highest BCUT2D eigenvalue weighted by molar-refractivity contribution is 6.33. The second kappa shape index (κ2) is 5.67. The van der Waals surface area contributed by atoms with Gasteiger partial charge in [-0.05, 0) is 31.2 Å². The van der Waals surface area contributed by atoms with Crippen molar-refractivity contribution in [3.8, 4) is 0 Å². The number of hydrogen-bond donors (Lipinski definition) is 2. The van der Waals surface area contributed by atoms with Crippen LogP contribution in [-0.4, -0.2) is 21.0 Å². The van der Waals surface area contributed by atoms with Crippen LogP contribution in [0.25, 0.3) is 0 Å². The standard InChI is InChI=1S/C13H12ClN3O2/c1-8-15-5-4-10(17-8)7-16-9-2-3-12(14)11(6-9)13(18)19/h2-6,16H,7H2,1H3,(H,18,19). The van der Waals surface area contributed by atoms with E-state index < -0.39 is 5.97 Å². The van der Waals surface area contributed by atoms with E-state index >= 15 is 0 Å². The Bertz CT molecular complexity index is 617. The van der Waals surface area contributed by atoms with Gasteiger partial charge in [0.1, 0.15) is 5.82 Å². The fourth-order valence-electron chi connectivity index (χ4n) is 1.60. The zero-order valence-electron chi connectivity index (χ0n) is 10.2. The predicted molar refractivity (Wildman–Crippen MR) is 72.5 cm³/mol. The number of aryl methyl sites for hydroxylation is 1. The molecule has 5 nitrogen and oxygen atoms in total. The largest absolute Gasteiger partial charge is 0.478 e. The Labute approximate surface area is 115 Å². The molecule has 2 N–H and O–H groups in total. The van der Waals surface area contributed by atoms with Gasteiger partial charge in [-0.15, -0.1) is 0 Å². The van der Waals surface area contributed by atoms with E-state index in [1.807, 2.05) is 6.92 Å². The third-order valence-corrected chi connectivity index (χ3v) is 2.83. The molecule has 19 heavy (non-hydrogen) atoms. The first-order valence-electron chi connectivity index (χ1n) is 5.61. The number of anilines is 1. The molecule has 0 aliphatic rings. The van der Waals surface area contributed by atoms with Gasteiger partial charge in [0.15, 0.2) is 0 Å². The maximum Gasteiger partial charge on any atom is 0.337 e. The molecule has 0 spiro atoms. The number of aromatic carboxylic acids is 1. The van der Waals surface area contributed by atoms with Gasteiger partial charge in [-0.25, -0.2) is 14.8 Å². The van der Waals surface area contributed by atoms with Crippen LogP contribution in [0.3, 0.4) is 0 Å². The molecule has 0 radical (unpaired) electrons. The zero-order chi connectivity index (χ0) is 13.8. The molecular formula is C13H12ClN3O2. The second-order valence-corrected chi connectivity index (χ2v) is 4.36. The molecule has 0 aliphatic heterocycles. The zero-order valence-corrected chi connectivity index (χ0v) is 11.0. The van der Waals surface area contributed by atoms with E-state index in [4.69, 9.17) is 16.7 Å². The number of carboxylic acid groups (broad SMARTS) is 1. The normalized spacial score (nSPS) is 10.2. The first-order chi connectivity index (χ1) is 9.06. The van der Waals surface area contributed by atoms with Crippen LogP contribution in [0.5, 0.6) is 0 Å². The third-order valence-electron chi connectivity index (χ3n) is 2.50. The number of aromatic nitrogens is 2. The number of benzene rings is 1. The van der Waals surface area contributed by atoms with Crippen LogP contribution in [0.4, 0.5) is 5.69 Å². The number of carboxylic acids is 1. The van der Waals surface area contributed by atoms with Crippen molar-refractivity contribution in [2.45, 2.75) is 13.5 Å². The first-order valence-corrected chi connectivity index (χ1v) is 5.99. The molecule has 2 aromatic rings. The molecule has 0 fully saturated rings. The summed E-state index contributed by atoms with van der Waals surface area (Å²) in [6, 6.07) is 6.58. The van der Waals surface area contributed by atoms with Crippen LogP contribution in [0.2, 0.25) is 5.02 Å². The molecule has 2 rings (SSSR count). The number of carbonyl (C=O) groups is 1. The highest BCUT2D eigenvalue weighted by atomic mass is 35.5. The fourth-order valence-corrected chi connectivity index (χ4v) is 1.79. The van der Waals surface area contributed by atoms with Crippen molar-refractivity contribution in [2.24, 2.45) is 0 Å². The maximum atomic E-state index is 11.0. The molecule has 1 heterocycles. The van der Waals surface area contributed by atoms with Gasteiger partial charge < -0.3 is 10.4 Å². The summed E-state index contributed by atoms with van der Waals surface area (Å²) >= 11 is 5.80. The van der Waals surface area contributed by atoms with Gasteiger partial charge in [-0.1, -0.05) is 11.6 Å². The molecular weight excluding hydrogens is 266 g/mol. The van der Waals surface area contributed by atoms with Crippen molar-refractivity contribution < 1.29 is 9.90 Å². The molecule has 1 aromatic carbocycles. The SMILES string of the molecule is Cc1nccc(CNc2ccc(Cl)c(C(=O)O)c2)n1. The lowest BCUT2D eigenvalue weighted by Gasteiger charge is -2.08. The molecule has 0 unspecified atom stereocenters. The summed E-state index contributed by atoms with van der Waals surface area (Å²) in [5, 5.41) is 12.3. The van der Waals surface area contributed by atoms with Gasteiger partial charge in [0.2, 0.25) is 0 Å². The monoisotopic (exact) mass is 277 g/mol. The van der Waals surface area contributed by atoms with Crippen LogP contribution < -0.4 is 5.32 Å². The molecule has 98 valence electrons. The van der Waals surface area contributed by atoms with Gasteiger partial charge in [0.25, 0.3) is 0 Å². The van der Waals surface area contributed by atoms with E-state index in [2.05, 4.69) is 15.3 Å². The lowest BCUT2D eigenvalue weighted by Crippen LogP contribution is -2.05.